The maximum absolute atomic E-state index is 13.2. The normalized spacial score (nSPS) is 16.0. The van der Waals surface area contributed by atoms with Gasteiger partial charge in [-0.25, -0.2) is 4.39 Å². The van der Waals surface area contributed by atoms with E-state index < -0.39 is 11.8 Å². The van der Waals surface area contributed by atoms with Gasteiger partial charge >= 0.3 is 5.97 Å². The maximum Gasteiger partial charge on any atom is 0.303 e. The van der Waals surface area contributed by atoms with Crippen molar-refractivity contribution in [1.29, 1.82) is 0 Å². The second kappa shape index (κ2) is 6.56. The molecule has 0 unspecified atom stereocenters. The lowest BCUT2D eigenvalue weighted by atomic mass is 9.92. The van der Waals surface area contributed by atoms with Gasteiger partial charge in [-0.1, -0.05) is 0 Å². The Morgan fingerprint density at radius 2 is 2.00 bits per heavy atom. The van der Waals surface area contributed by atoms with Crippen LogP contribution in [0, 0.1) is 11.7 Å². The zero-order chi connectivity index (χ0) is 15.4. The number of nitrogens with two attached hydrogens (primary N) is 1. The molecule has 1 amide bonds. The van der Waals surface area contributed by atoms with Crippen LogP contribution in [0.1, 0.15) is 36.0 Å². The highest BCUT2D eigenvalue weighted by molar-refractivity contribution is 5.99. The molecular formula is C15H19FN2O3. The Labute approximate surface area is 122 Å². The van der Waals surface area contributed by atoms with Crippen molar-refractivity contribution >= 4 is 17.6 Å². The zero-order valence-electron chi connectivity index (χ0n) is 11.7. The van der Waals surface area contributed by atoms with Gasteiger partial charge < -0.3 is 15.7 Å². The molecule has 6 heteroatoms. The Morgan fingerprint density at radius 1 is 1.33 bits per heavy atom. The molecule has 21 heavy (non-hydrogen) atoms. The molecule has 1 saturated heterocycles. The summed E-state index contributed by atoms with van der Waals surface area (Å²) >= 11 is 0. The molecule has 0 aromatic heterocycles. The summed E-state index contributed by atoms with van der Waals surface area (Å²) in [7, 11) is 0. The van der Waals surface area contributed by atoms with E-state index in [0.717, 1.165) is 18.9 Å². The highest BCUT2D eigenvalue weighted by Crippen LogP contribution is 2.24. The molecule has 0 aliphatic carbocycles. The molecule has 1 heterocycles. The third-order valence-corrected chi connectivity index (χ3v) is 3.91. The molecule has 0 spiro atoms. The van der Waals surface area contributed by atoms with Crippen molar-refractivity contribution in [2.45, 2.75) is 25.7 Å². The minimum Gasteiger partial charge on any atom is -0.481 e. The van der Waals surface area contributed by atoms with Gasteiger partial charge in [0, 0.05) is 25.2 Å². The maximum atomic E-state index is 13.2. The molecule has 1 aliphatic heterocycles. The number of anilines is 1. The summed E-state index contributed by atoms with van der Waals surface area (Å²) in [6.45, 7) is 1.11. The summed E-state index contributed by atoms with van der Waals surface area (Å²) in [6, 6.07) is 3.78. The van der Waals surface area contributed by atoms with Gasteiger partial charge in [-0.15, -0.1) is 0 Å². The van der Waals surface area contributed by atoms with Crippen molar-refractivity contribution < 1.29 is 19.1 Å². The van der Waals surface area contributed by atoms with Crippen LogP contribution in [0.4, 0.5) is 10.1 Å². The van der Waals surface area contributed by atoms with Crippen LogP contribution >= 0.6 is 0 Å². The van der Waals surface area contributed by atoms with E-state index in [9.17, 15) is 14.0 Å². The Balaban J connectivity index is 1.94. The van der Waals surface area contributed by atoms with E-state index >= 15 is 0 Å². The van der Waals surface area contributed by atoms with E-state index in [1.54, 1.807) is 4.90 Å². The van der Waals surface area contributed by atoms with E-state index in [0.29, 0.717) is 25.4 Å². The van der Waals surface area contributed by atoms with Crippen molar-refractivity contribution in [2.75, 3.05) is 18.8 Å². The summed E-state index contributed by atoms with van der Waals surface area (Å²) in [5.41, 5.74) is 6.19. The molecule has 114 valence electrons. The average Bonchev–Trinajstić information content (AvgIpc) is 2.47. The fourth-order valence-corrected chi connectivity index (χ4v) is 2.64. The van der Waals surface area contributed by atoms with Crippen molar-refractivity contribution in [3.8, 4) is 0 Å². The minimum absolute atomic E-state index is 0.162. The van der Waals surface area contributed by atoms with Crippen LogP contribution in [0.3, 0.4) is 0 Å². The number of aliphatic carboxylic acids is 1. The van der Waals surface area contributed by atoms with Gasteiger partial charge in [0.2, 0.25) is 0 Å². The number of rotatable bonds is 4. The van der Waals surface area contributed by atoms with Crippen molar-refractivity contribution in [3.63, 3.8) is 0 Å². The number of hydrogen-bond acceptors (Lipinski definition) is 3. The number of benzene rings is 1. The first kappa shape index (κ1) is 15.3. The van der Waals surface area contributed by atoms with Crippen molar-refractivity contribution in [3.05, 3.63) is 29.6 Å². The third-order valence-electron chi connectivity index (χ3n) is 3.91. The lowest BCUT2D eigenvalue weighted by molar-refractivity contribution is -0.137. The van der Waals surface area contributed by atoms with Crippen LogP contribution in [-0.2, 0) is 4.79 Å². The first-order chi connectivity index (χ1) is 9.97. The molecule has 1 fully saturated rings. The summed E-state index contributed by atoms with van der Waals surface area (Å²) in [5, 5.41) is 8.68. The Kier molecular flexibility index (Phi) is 4.77. The number of halogens is 1. The van der Waals surface area contributed by atoms with Gasteiger partial charge in [-0.2, -0.15) is 0 Å². The topological polar surface area (TPSA) is 83.6 Å². The molecule has 1 aromatic carbocycles. The monoisotopic (exact) mass is 294 g/mol. The number of amides is 1. The van der Waals surface area contributed by atoms with Gasteiger partial charge in [0.05, 0.1) is 5.56 Å². The molecule has 1 aliphatic rings. The Bertz CT molecular complexity index is 540. The van der Waals surface area contributed by atoms with Crippen molar-refractivity contribution in [1.82, 2.24) is 4.90 Å². The highest BCUT2D eigenvalue weighted by atomic mass is 19.1. The number of likely N-dealkylation sites (tertiary alicyclic amines) is 1. The van der Waals surface area contributed by atoms with Crippen LogP contribution in [-0.4, -0.2) is 35.0 Å². The lowest BCUT2D eigenvalue weighted by Crippen LogP contribution is -2.38. The predicted molar refractivity (Wildman–Crippen MR) is 76.3 cm³/mol. The van der Waals surface area contributed by atoms with Crippen LogP contribution < -0.4 is 5.73 Å². The van der Waals surface area contributed by atoms with E-state index in [1.807, 2.05) is 0 Å². The highest BCUT2D eigenvalue weighted by Gasteiger charge is 2.25. The number of nitrogens with zero attached hydrogens (tertiary/aromatic N) is 1. The summed E-state index contributed by atoms with van der Waals surface area (Å²) in [4.78, 5) is 24.5. The van der Waals surface area contributed by atoms with E-state index in [-0.39, 0.29) is 23.6 Å². The number of carboxylic acid groups (broad SMARTS) is 1. The number of carboxylic acids is 1. The Hall–Kier alpha value is -2.11. The molecule has 0 saturated carbocycles. The van der Waals surface area contributed by atoms with Crippen LogP contribution in [0.25, 0.3) is 0 Å². The average molecular weight is 294 g/mol. The quantitative estimate of drug-likeness (QED) is 0.833. The molecule has 5 nitrogen and oxygen atoms in total. The van der Waals surface area contributed by atoms with Crippen molar-refractivity contribution in [2.24, 2.45) is 5.92 Å². The SMILES string of the molecule is Nc1ccc(F)cc1C(=O)N1CCC(CCC(=O)O)CC1. The molecular weight excluding hydrogens is 275 g/mol. The molecule has 0 radical (unpaired) electrons. The second-order valence-corrected chi connectivity index (χ2v) is 5.40. The van der Waals surface area contributed by atoms with Gasteiger partial charge in [-0.05, 0) is 43.4 Å². The molecule has 3 N–H and O–H groups in total. The van der Waals surface area contributed by atoms with Crippen LogP contribution in [0.2, 0.25) is 0 Å². The first-order valence-corrected chi connectivity index (χ1v) is 7.03. The summed E-state index contributed by atoms with van der Waals surface area (Å²) < 4.78 is 13.2. The van der Waals surface area contributed by atoms with Gasteiger partial charge in [0.25, 0.3) is 5.91 Å². The van der Waals surface area contributed by atoms with E-state index in [1.165, 1.54) is 12.1 Å². The Morgan fingerprint density at radius 3 is 2.62 bits per heavy atom. The largest absolute Gasteiger partial charge is 0.481 e. The number of carbonyl (C=O) groups is 2. The number of piperidine rings is 1. The fourth-order valence-electron chi connectivity index (χ4n) is 2.64. The molecule has 2 rings (SSSR count). The van der Waals surface area contributed by atoms with E-state index in [2.05, 4.69) is 0 Å². The van der Waals surface area contributed by atoms with Crippen LogP contribution in [0.15, 0.2) is 18.2 Å². The predicted octanol–water partition coefficient (Wildman–Crippen LogP) is 2.12. The van der Waals surface area contributed by atoms with Crippen LogP contribution in [0.5, 0.6) is 0 Å². The summed E-state index contributed by atoms with van der Waals surface area (Å²) in [6.07, 6.45) is 2.34. The second-order valence-electron chi connectivity index (χ2n) is 5.40. The minimum atomic E-state index is -0.791. The third kappa shape index (κ3) is 3.93. The number of hydrogen-bond donors (Lipinski definition) is 2. The molecule has 1 aromatic rings. The standard InChI is InChI=1S/C15H19FN2O3/c16-11-2-3-13(17)12(9-11)15(21)18-7-5-10(6-8-18)1-4-14(19)20/h2-3,9-10H,1,4-8,17H2,(H,19,20). The van der Waals surface area contributed by atoms with Gasteiger partial charge in [0.15, 0.2) is 0 Å². The summed E-state index contributed by atoms with van der Waals surface area (Å²) in [5.74, 6) is -1.20. The molecule has 0 atom stereocenters. The number of nitrogen functional groups attached to an aromatic ring is 1. The van der Waals surface area contributed by atoms with Gasteiger partial charge in [0.1, 0.15) is 5.82 Å². The zero-order valence-corrected chi connectivity index (χ0v) is 11.7. The lowest BCUT2D eigenvalue weighted by Gasteiger charge is -2.32. The molecule has 0 bridgehead atoms. The number of carbonyl (C=O) groups excluding carboxylic acids is 1. The first-order valence-electron chi connectivity index (χ1n) is 7.03. The fraction of sp³-hybridized carbons (Fsp3) is 0.467. The van der Waals surface area contributed by atoms with E-state index in [4.69, 9.17) is 10.8 Å². The van der Waals surface area contributed by atoms with Gasteiger partial charge in [-0.3, -0.25) is 9.59 Å². The smallest absolute Gasteiger partial charge is 0.303 e.